The van der Waals surface area contributed by atoms with E-state index in [1.165, 1.54) is 5.56 Å². The van der Waals surface area contributed by atoms with Crippen LogP contribution in [0.2, 0.25) is 18.1 Å². The highest BCUT2D eigenvalue weighted by molar-refractivity contribution is 6.81. The molecule has 0 radical (unpaired) electrons. The lowest BCUT2D eigenvalue weighted by molar-refractivity contribution is 0.576. The van der Waals surface area contributed by atoms with Crippen molar-refractivity contribution in [1.29, 1.82) is 0 Å². The summed E-state index contributed by atoms with van der Waals surface area (Å²) in [6, 6.07) is 10.4. The van der Waals surface area contributed by atoms with Crippen LogP contribution >= 0.6 is 11.8 Å². The van der Waals surface area contributed by atoms with Crippen LogP contribution in [-0.2, 0) is 6.54 Å². The molecule has 0 saturated carbocycles. The Balaban J connectivity index is 2.76. The van der Waals surface area contributed by atoms with Crippen molar-refractivity contribution in [2.75, 3.05) is 0 Å². The van der Waals surface area contributed by atoms with Crippen LogP contribution in [0.4, 0.5) is 0 Å². The van der Waals surface area contributed by atoms with Crippen molar-refractivity contribution in [3.8, 4) is 0 Å². The van der Waals surface area contributed by atoms with Crippen molar-refractivity contribution in [2.45, 2.75) is 45.4 Å². The highest BCUT2D eigenvalue weighted by atomic mass is 35.5. The van der Waals surface area contributed by atoms with Crippen molar-refractivity contribution < 1.29 is 0 Å². The normalized spacial score (nSPS) is 13.2. The third kappa shape index (κ3) is 3.09. The third-order valence-electron chi connectivity index (χ3n) is 3.61. The molecular formula is C13H22ClNSi. The summed E-state index contributed by atoms with van der Waals surface area (Å²) < 4.78 is 2.04. The Morgan fingerprint density at radius 3 is 2.06 bits per heavy atom. The van der Waals surface area contributed by atoms with E-state index in [0.29, 0.717) is 0 Å². The van der Waals surface area contributed by atoms with Crippen LogP contribution in [0, 0.1) is 0 Å². The Labute approximate surface area is 106 Å². The Hall–Kier alpha value is -0.313. The molecule has 0 atom stereocenters. The standard InChI is InChI=1S/C13H22ClNSi/c1-13(2,3)16(4,5)15(14)11-12-9-7-6-8-10-12/h6-10H,11H2,1-5H3. The zero-order valence-electron chi connectivity index (χ0n) is 10.9. The highest BCUT2D eigenvalue weighted by Crippen LogP contribution is 2.39. The van der Waals surface area contributed by atoms with Gasteiger partial charge in [-0.25, -0.2) is 4.08 Å². The molecule has 0 N–H and O–H groups in total. The molecule has 0 bridgehead atoms. The quantitative estimate of drug-likeness (QED) is 0.562. The molecule has 0 saturated heterocycles. The summed E-state index contributed by atoms with van der Waals surface area (Å²) in [6.45, 7) is 12.3. The molecule has 0 spiro atoms. The summed E-state index contributed by atoms with van der Waals surface area (Å²) >= 11 is 6.49. The van der Waals surface area contributed by atoms with Gasteiger partial charge in [-0.05, 0) is 22.4 Å². The molecule has 1 aromatic rings. The van der Waals surface area contributed by atoms with Crippen LogP contribution < -0.4 is 0 Å². The van der Waals surface area contributed by atoms with Gasteiger partial charge in [0.25, 0.3) is 0 Å². The molecule has 1 rings (SSSR count). The molecule has 0 heterocycles. The molecule has 0 aliphatic heterocycles. The number of hydrogen-bond donors (Lipinski definition) is 0. The average molecular weight is 256 g/mol. The van der Waals surface area contributed by atoms with E-state index < -0.39 is 8.24 Å². The third-order valence-corrected chi connectivity index (χ3v) is 10.0. The van der Waals surface area contributed by atoms with Gasteiger partial charge in [0.05, 0.1) is 0 Å². The second-order valence-electron chi connectivity index (χ2n) is 5.81. The summed E-state index contributed by atoms with van der Waals surface area (Å²) in [4.78, 5) is 0. The molecule has 0 amide bonds. The van der Waals surface area contributed by atoms with Crippen LogP contribution in [-0.4, -0.2) is 12.3 Å². The Kier molecular flexibility index (Phi) is 4.21. The van der Waals surface area contributed by atoms with Gasteiger partial charge in [-0.1, -0.05) is 64.2 Å². The second-order valence-corrected chi connectivity index (χ2v) is 11.7. The Morgan fingerprint density at radius 2 is 1.62 bits per heavy atom. The van der Waals surface area contributed by atoms with E-state index in [0.717, 1.165) is 6.54 Å². The van der Waals surface area contributed by atoms with Gasteiger partial charge in [-0.3, -0.25) is 0 Å². The fraction of sp³-hybridized carbons (Fsp3) is 0.538. The predicted molar refractivity (Wildman–Crippen MR) is 75.0 cm³/mol. The van der Waals surface area contributed by atoms with E-state index in [-0.39, 0.29) is 5.04 Å². The maximum atomic E-state index is 6.49. The first-order chi connectivity index (χ1) is 7.25. The molecule has 0 aromatic heterocycles. The number of hydrogen-bond acceptors (Lipinski definition) is 1. The fourth-order valence-electron chi connectivity index (χ4n) is 1.31. The van der Waals surface area contributed by atoms with Crippen molar-refractivity contribution >= 4 is 20.0 Å². The summed E-state index contributed by atoms with van der Waals surface area (Å²) in [7, 11) is -1.59. The number of rotatable bonds is 3. The maximum absolute atomic E-state index is 6.49. The summed E-state index contributed by atoms with van der Waals surface area (Å²) in [6.07, 6.45) is 0. The molecule has 0 unspecified atom stereocenters. The van der Waals surface area contributed by atoms with E-state index in [9.17, 15) is 0 Å². The monoisotopic (exact) mass is 255 g/mol. The maximum Gasteiger partial charge on any atom is 0.146 e. The van der Waals surface area contributed by atoms with Gasteiger partial charge in [0.1, 0.15) is 8.24 Å². The van der Waals surface area contributed by atoms with Gasteiger partial charge in [0, 0.05) is 6.54 Å². The SMILES string of the molecule is CC(C)(C)[Si](C)(C)N(Cl)Cc1ccccc1. The first-order valence-electron chi connectivity index (χ1n) is 5.72. The van der Waals surface area contributed by atoms with Crippen molar-refractivity contribution in [3.63, 3.8) is 0 Å². The van der Waals surface area contributed by atoms with Crippen molar-refractivity contribution in [2.24, 2.45) is 0 Å². The van der Waals surface area contributed by atoms with E-state index >= 15 is 0 Å². The Morgan fingerprint density at radius 1 is 1.12 bits per heavy atom. The largest absolute Gasteiger partial charge is 0.237 e. The van der Waals surface area contributed by atoms with Crippen LogP contribution in [0.15, 0.2) is 30.3 Å². The molecular weight excluding hydrogens is 234 g/mol. The first kappa shape index (κ1) is 13.8. The van der Waals surface area contributed by atoms with Gasteiger partial charge in [-0.15, -0.1) is 0 Å². The summed E-state index contributed by atoms with van der Waals surface area (Å²) in [5.41, 5.74) is 1.28. The lowest BCUT2D eigenvalue weighted by Gasteiger charge is -2.41. The Bertz CT molecular complexity index is 330. The lowest BCUT2D eigenvalue weighted by Crippen LogP contribution is -2.49. The minimum atomic E-state index is -1.59. The number of benzene rings is 1. The van der Waals surface area contributed by atoms with Gasteiger partial charge in [0.15, 0.2) is 0 Å². The lowest BCUT2D eigenvalue weighted by atomic mass is 10.2. The van der Waals surface area contributed by atoms with E-state index in [2.05, 4.69) is 58.1 Å². The zero-order chi connectivity index (χ0) is 12.4. The smallest absolute Gasteiger partial charge is 0.146 e. The zero-order valence-corrected chi connectivity index (χ0v) is 12.7. The second kappa shape index (κ2) is 4.90. The average Bonchev–Trinajstić information content (AvgIpc) is 2.17. The topological polar surface area (TPSA) is 3.24 Å². The number of nitrogens with zero attached hydrogens (tertiary/aromatic N) is 1. The molecule has 0 aliphatic rings. The molecule has 0 aliphatic carbocycles. The first-order valence-corrected chi connectivity index (χ1v) is 9.01. The van der Waals surface area contributed by atoms with Crippen LogP contribution in [0.25, 0.3) is 0 Å². The summed E-state index contributed by atoms with van der Waals surface area (Å²) in [5.74, 6) is 0. The summed E-state index contributed by atoms with van der Waals surface area (Å²) in [5, 5.41) is 0.281. The molecule has 90 valence electrons. The minimum Gasteiger partial charge on any atom is -0.237 e. The van der Waals surface area contributed by atoms with Gasteiger partial charge >= 0.3 is 0 Å². The van der Waals surface area contributed by atoms with Crippen molar-refractivity contribution in [3.05, 3.63) is 35.9 Å². The predicted octanol–water partition coefficient (Wildman–Crippen LogP) is 4.65. The van der Waals surface area contributed by atoms with E-state index in [4.69, 9.17) is 11.8 Å². The van der Waals surface area contributed by atoms with Gasteiger partial charge < -0.3 is 0 Å². The highest BCUT2D eigenvalue weighted by Gasteiger charge is 2.40. The van der Waals surface area contributed by atoms with Gasteiger partial charge in [0.2, 0.25) is 0 Å². The molecule has 3 heteroatoms. The molecule has 0 fully saturated rings. The van der Waals surface area contributed by atoms with E-state index in [1.807, 2.05) is 10.2 Å². The minimum absolute atomic E-state index is 0.281. The van der Waals surface area contributed by atoms with Crippen LogP contribution in [0.3, 0.4) is 0 Å². The molecule has 1 nitrogen and oxygen atoms in total. The number of halogens is 1. The van der Waals surface area contributed by atoms with E-state index in [1.54, 1.807) is 0 Å². The van der Waals surface area contributed by atoms with Crippen LogP contribution in [0.1, 0.15) is 26.3 Å². The van der Waals surface area contributed by atoms with Crippen molar-refractivity contribution in [1.82, 2.24) is 4.08 Å². The fourth-order valence-corrected chi connectivity index (χ4v) is 3.51. The van der Waals surface area contributed by atoms with Crippen LogP contribution in [0.5, 0.6) is 0 Å². The van der Waals surface area contributed by atoms with Gasteiger partial charge in [-0.2, -0.15) is 0 Å². The molecule has 16 heavy (non-hydrogen) atoms. The molecule has 1 aromatic carbocycles.